The summed E-state index contributed by atoms with van der Waals surface area (Å²) in [5.41, 5.74) is 0.702. The third-order valence-electron chi connectivity index (χ3n) is 4.23. The van der Waals surface area contributed by atoms with Crippen LogP contribution in [0.3, 0.4) is 0 Å². The Morgan fingerprint density at radius 3 is 2.46 bits per heavy atom. The third-order valence-corrected chi connectivity index (χ3v) is 4.23. The van der Waals surface area contributed by atoms with Gasteiger partial charge >= 0.3 is 12.1 Å². The molecule has 0 N–H and O–H groups in total. The molecule has 0 saturated carbocycles. The molecule has 0 spiro atoms. The predicted molar refractivity (Wildman–Crippen MR) is 93.3 cm³/mol. The quantitative estimate of drug-likeness (QED) is 0.762. The SMILES string of the molecule is CCOC(=O)c1c(C)oc2ncnc(N3CCN(C(=O)OCC)CC3)c12. The van der Waals surface area contributed by atoms with E-state index >= 15 is 0 Å². The first-order valence-electron chi connectivity index (χ1n) is 8.64. The maximum atomic E-state index is 12.4. The molecule has 1 saturated heterocycles. The van der Waals surface area contributed by atoms with E-state index in [0.717, 1.165) is 0 Å². The van der Waals surface area contributed by atoms with Crippen LogP contribution in [-0.4, -0.2) is 66.3 Å². The molecule has 1 aliphatic rings. The fourth-order valence-corrected chi connectivity index (χ4v) is 3.03. The average molecular weight is 362 g/mol. The maximum Gasteiger partial charge on any atom is 0.409 e. The van der Waals surface area contributed by atoms with Crippen molar-refractivity contribution >= 4 is 29.0 Å². The molecule has 2 aromatic rings. The van der Waals surface area contributed by atoms with Gasteiger partial charge in [-0.05, 0) is 20.8 Å². The van der Waals surface area contributed by atoms with Crippen molar-refractivity contribution in [3.63, 3.8) is 0 Å². The highest BCUT2D eigenvalue weighted by atomic mass is 16.6. The van der Waals surface area contributed by atoms with E-state index in [2.05, 4.69) is 9.97 Å². The smallest absolute Gasteiger partial charge is 0.409 e. The van der Waals surface area contributed by atoms with E-state index in [1.807, 2.05) is 4.90 Å². The molecular formula is C17H22N4O5. The number of hydrogen-bond acceptors (Lipinski definition) is 8. The molecule has 0 aromatic carbocycles. The van der Waals surface area contributed by atoms with E-state index in [1.54, 1.807) is 25.7 Å². The number of aryl methyl sites for hydroxylation is 1. The van der Waals surface area contributed by atoms with Crippen molar-refractivity contribution in [2.45, 2.75) is 20.8 Å². The van der Waals surface area contributed by atoms with Gasteiger partial charge in [-0.25, -0.2) is 19.6 Å². The summed E-state index contributed by atoms with van der Waals surface area (Å²) in [7, 11) is 0. The number of piperazine rings is 1. The maximum absolute atomic E-state index is 12.4. The lowest BCUT2D eigenvalue weighted by Gasteiger charge is -2.34. The van der Waals surface area contributed by atoms with Crippen LogP contribution in [0.5, 0.6) is 0 Å². The second-order valence-corrected chi connectivity index (χ2v) is 5.80. The number of ether oxygens (including phenoxy) is 2. The van der Waals surface area contributed by atoms with Crippen molar-refractivity contribution in [2.24, 2.45) is 0 Å². The molecule has 3 heterocycles. The Morgan fingerprint density at radius 2 is 1.81 bits per heavy atom. The summed E-state index contributed by atoms with van der Waals surface area (Å²) in [5, 5.41) is 0.549. The number of rotatable bonds is 4. The van der Waals surface area contributed by atoms with Crippen LogP contribution in [0, 0.1) is 6.92 Å². The molecule has 9 heteroatoms. The van der Waals surface area contributed by atoms with Gasteiger partial charge in [-0.2, -0.15) is 0 Å². The fourth-order valence-electron chi connectivity index (χ4n) is 3.03. The summed E-state index contributed by atoms with van der Waals surface area (Å²) in [6.07, 6.45) is 1.10. The van der Waals surface area contributed by atoms with Gasteiger partial charge in [0.05, 0.1) is 18.6 Å². The van der Waals surface area contributed by atoms with Gasteiger partial charge < -0.3 is 23.7 Å². The van der Waals surface area contributed by atoms with Crippen molar-refractivity contribution in [3.8, 4) is 0 Å². The second-order valence-electron chi connectivity index (χ2n) is 5.80. The van der Waals surface area contributed by atoms with Gasteiger partial charge in [0.25, 0.3) is 0 Å². The molecule has 0 unspecified atom stereocenters. The zero-order chi connectivity index (χ0) is 18.7. The Morgan fingerprint density at radius 1 is 1.12 bits per heavy atom. The number of amides is 1. The Kier molecular flexibility index (Phi) is 5.24. The van der Waals surface area contributed by atoms with Crippen molar-refractivity contribution < 1.29 is 23.5 Å². The van der Waals surface area contributed by atoms with E-state index in [9.17, 15) is 9.59 Å². The predicted octanol–water partition coefficient (Wildman–Crippen LogP) is 1.99. The van der Waals surface area contributed by atoms with Crippen LogP contribution in [0.15, 0.2) is 10.7 Å². The molecule has 1 fully saturated rings. The van der Waals surface area contributed by atoms with Gasteiger partial charge in [0.2, 0.25) is 5.71 Å². The lowest BCUT2D eigenvalue weighted by Crippen LogP contribution is -2.49. The highest BCUT2D eigenvalue weighted by Crippen LogP contribution is 2.32. The minimum absolute atomic E-state index is 0.270. The molecule has 0 radical (unpaired) electrons. The van der Waals surface area contributed by atoms with E-state index in [1.165, 1.54) is 6.33 Å². The van der Waals surface area contributed by atoms with Gasteiger partial charge in [0.15, 0.2) is 0 Å². The first-order chi connectivity index (χ1) is 12.6. The number of fused-ring (bicyclic) bond motifs is 1. The van der Waals surface area contributed by atoms with E-state index < -0.39 is 5.97 Å². The van der Waals surface area contributed by atoms with Crippen LogP contribution in [0.2, 0.25) is 0 Å². The van der Waals surface area contributed by atoms with Crippen LogP contribution in [-0.2, 0) is 9.47 Å². The summed E-state index contributed by atoms with van der Waals surface area (Å²) >= 11 is 0. The average Bonchev–Trinajstić information content (AvgIpc) is 2.98. The summed E-state index contributed by atoms with van der Waals surface area (Å²) in [4.78, 5) is 36.4. The lowest BCUT2D eigenvalue weighted by molar-refractivity contribution is 0.0526. The number of hydrogen-bond donors (Lipinski definition) is 0. The van der Waals surface area contributed by atoms with Crippen molar-refractivity contribution in [2.75, 3.05) is 44.3 Å². The van der Waals surface area contributed by atoms with Crippen molar-refractivity contribution in [1.82, 2.24) is 14.9 Å². The number of nitrogens with zero attached hydrogens (tertiary/aromatic N) is 4. The molecule has 9 nitrogen and oxygen atoms in total. The summed E-state index contributed by atoms with van der Waals surface area (Å²) in [6.45, 7) is 8.01. The first-order valence-corrected chi connectivity index (χ1v) is 8.64. The number of carbonyl (C=O) groups excluding carboxylic acids is 2. The lowest BCUT2D eigenvalue weighted by atomic mass is 10.1. The van der Waals surface area contributed by atoms with Gasteiger partial charge in [0, 0.05) is 26.2 Å². The molecule has 1 aliphatic heterocycles. The number of furan rings is 1. The molecule has 26 heavy (non-hydrogen) atoms. The highest BCUT2D eigenvalue weighted by molar-refractivity contribution is 6.07. The number of anilines is 1. The topological polar surface area (TPSA) is 98.0 Å². The molecule has 1 amide bonds. The molecule has 0 atom stereocenters. The standard InChI is InChI=1S/C17H22N4O5/c1-4-24-16(22)12-11(3)26-15-13(12)14(18-10-19-15)20-6-8-21(9-7-20)17(23)25-5-2/h10H,4-9H2,1-3H3. The van der Waals surface area contributed by atoms with Crippen LogP contribution < -0.4 is 4.90 Å². The molecule has 2 aromatic heterocycles. The van der Waals surface area contributed by atoms with Gasteiger partial charge in [-0.15, -0.1) is 0 Å². The molecular weight excluding hydrogens is 340 g/mol. The zero-order valence-electron chi connectivity index (χ0n) is 15.2. The molecule has 140 valence electrons. The van der Waals surface area contributed by atoms with Gasteiger partial charge in [-0.3, -0.25) is 0 Å². The van der Waals surface area contributed by atoms with Crippen LogP contribution in [0.4, 0.5) is 10.6 Å². The first kappa shape index (κ1) is 18.0. The third kappa shape index (κ3) is 3.29. The highest BCUT2D eigenvalue weighted by Gasteiger charge is 2.28. The van der Waals surface area contributed by atoms with E-state index in [4.69, 9.17) is 13.9 Å². The van der Waals surface area contributed by atoms with Crippen LogP contribution in [0.25, 0.3) is 11.1 Å². The van der Waals surface area contributed by atoms with E-state index in [-0.39, 0.29) is 12.7 Å². The largest absolute Gasteiger partial charge is 0.462 e. The van der Waals surface area contributed by atoms with Crippen LogP contribution in [0.1, 0.15) is 30.0 Å². The number of carbonyl (C=O) groups is 2. The Bertz CT molecular complexity index is 811. The van der Waals surface area contributed by atoms with Crippen LogP contribution >= 0.6 is 0 Å². The molecule has 3 rings (SSSR count). The molecule has 0 aliphatic carbocycles. The number of aromatic nitrogens is 2. The second kappa shape index (κ2) is 7.59. The minimum Gasteiger partial charge on any atom is -0.462 e. The molecule has 0 bridgehead atoms. The monoisotopic (exact) mass is 362 g/mol. The summed E-state index contributed by atoms with van der Waals surface area (Å²) in [5.74, 6) is 0.605. The Hall–Kier alpha value is -2.84. The fraction of sp³-hybridized carbons (Fsp3) is 0.529. The minimum atomic E-state index is -0.454. The summed E-state index contributed by atoms with van der Waals surface area (Å²) in [6, 6.07) is 0. The number of esters is 1. The zero-order valence-corrected chi connectivity index (χ0v) is 15.2. The normalized spacial score (nSPS) is 14.6. The van der Waals surface area contributed by atoms with Gasteiger partial charge in [-0.1, -0.05) is 0 Å². The van der Waals surface area contributed by atoms with E-state index in [0.29, 0.717) is 61.0 Å². The Balaban J connectivity index is 1.89. The van der Waals surface area contributed by atoms with Crippen molar-refractivity contribution in [1.29, 1.82) is 0 Å². The Labute approximate surface area is 150 Å². The van der Waals surface area contributed by atoms with Crippen molar-refractivity contribution in [3.05, 3.63) is 17.7 Å². The van der Waals surface area contributed by atoms with Gasteiger partial charge in [0.1, 0.15) is 23.5 Å². The summed E-state index contributed by atoms with van der Waals surface area (Å²) < 4.78 is 15.8.